The number of fused-ring (bicyclic) bond motifs is 1. The third-order valence-corrected chi connectivity index (χ3v) is 6.00. The minimum Gasteiger partial charge on any atom is -0.366 e. The number of hydrogen-bond acceptors (Lipinski definition) is 1. The topological polar surface area (TPSA) is 43.1 Å². The summed E-state index contributed by atoms with van der Waals surface area (Å²) in [6, 6.07) is 4.58. The van der Waals surface area contributed by atoms with Crippen LogP contribution in [0, 0.1) is 5.92 Å². The Kier molecular flexibility index (Phi) is 4.80. The highest BCUT2D eigenvalue weighted by Gasteiger charge is 2.29. The fourth-order valence-electron chi connectivity index (χ4n) is 4.09. The molecule has 2 nitrogen and oxygen atoms in total. The fourth-order valence-corrected chi connectivity index (χ4v) is 4.09. The maximum absolute atomic E-state index is 12.3. The summed E-state index contributed by atoms with van der Waals surface area (Å²) in [5.74, 6) is -0.236. The summed E-state index contributed by atoms with van der Waals surface area (Å²) in [6.07, 6.45) is 6.28. The zero-order valence-corrected chi connectivity index (χ0v) is 17.5. The zero-order valence-electron chi connectivity index (χ0n) is 17.5. The second-order valence-electron chi connectivity index (χ2n) is 8.93. The molecular formula is C25H31NO. The molecule has 0 aromatic heterocycles. The molecule has 0 saturated heterocycles. The van der Waals surface area contributed by atoms with Crippen molar-refractivity contribution in [3.63, 3.8) is 0 Å². The quantitative estimate of drug-likeness (QED) is 0.734. The lowest BCUT2D eigenvalue weighted by Crippen LogP contribution is -2.21. The van der Waals surface area contributed by atoms with Crippen molar-refractivity contribution in [2.24, 2.45) is 11.7 Å². The van der Waals surface area contributed by atoms with Crippen LogP contribution in [0.2, 0.25) is 0 Å². The number of carbonyl (C=O) groups excluding carboxylic acids is 1. The maximum atomic E-state index is 12.3. The van der Waals surface area contributed by atoms with Crippen LogP contribution >= 0.6 is 0 Å². The highest BCUT2D eigenvalue weighted by Crippen LogP contribution is 2.43. The normalized spacial score (nSPS) is 19.8. The van der Waals surface area contributed by atoms with Gasteiger partial charge in [0.2, 0.25) is 5.91 Å². The standard InChI is InChI=1S/C25H31NO/c1-8-17-10-18-12-19(25(5,6)7)13-21(20(18)11-17)23-16(4)15(3)14(2)9-22(23)24(26)27/h9-10,12-14H,3,8,11H2,1-2,4-7H3,(H2,26,27). The number of primary amides is 1. The molecular weight excluding hydrogens is 330 g/mol. The largest absolute Gasteiger partial charge is 0.366 e. The Morgan fingerprint density at radius 2 is 1.96 bits per heavy atom. The van der Waals surface area contributed by atoms with Crippen LogP contribution in [0.25, 0.3) is 11.6 Å². The van der Waals surface area contributed by atoms with E-state index in [2.05, 4.69) is 66.3 Å². The van der Waals surface area contributed by atoms with Crippen LogP contribution < -0.4 is 5.73 Å². The first kappa shape index (κ1) is 19.4. The molecule has 142 valence electrons. The van der Waals surface area contributed by atoms with Crippen LogP contribution in [0.3, 0.4) is 0 Å². The molecule has 27 heavy (non-hydrogen) atoms. The van der Waals surface area contributed by atoms with Crippen molar-refractivity contribution in [1.82, 2.24) is 0 Å². The van der Waals surface area contributed by atoms with E-state index >= 15 is 0 Å². The summed E-state index contributed by atoms with van der Waals surface area (Å²) in [5.41, 5.74) is 16.0. The smallest absolute Gasteiger partial charge is 0.249 e. The number of rotatable bonds is 3. The van der Waals surface area contributed by atoms with E-state index in [1.807, 2.05) is 6.08 Å². The average molecular weight is 362 g/mol. The van der Waals surface area contributed by atoms with Crippen LogP contribution in [-0.4, -0.2) is 5.91 Å². The molecule has 0 heterocycles. The summed E-state index contributed by atoms with van der Waals surface area (Å²) in [5, 5.41) is 0. The van der Waals surface area contributed by atoms with Crippen molar-refractivity contribution in [3.8, 4) is 0 Å². The highest BCUT2D eigenvalue weighted by atomic mass is 16.1. The molecule has 3 rings (SSSR count). The molecule has 1 aromatic carbocycles. The maximum Gasteiger partial charge on any atom is 0.249 e. The van der Waals surface area contributed by atoms with Gasteiger partial charge in [-0.1, -0.05) is 71.1 Å². The molecule has 2 aliphatic carbocycles. The van der Waals surface area contributed by atoms with Gasteiger partial charge in [-0.15, -0.1) is 0 Å². The van der Waals surface area contributed by atoms with E-state index in [0.717, 1.165) is 35.1 Å². The summed E-state index contributed by atoms with van der Waals surface area (Å²) in [7, 11) is 0. The first-order valence-electron chi connectivity index (χ1n) is 9.83. The molecule has 2 aliphatic rings. The Labute approximate surface area is 163 Å². The van der Waals surface area contributed by atoms with Gasteiger partial charge in [0.15, 0.2) is 0 Å². The van der Waals surface area contributed by atoms with Crippen molar-refractivity contribution in [2.75, 3.05) is 0 Å². The third kappa shape index (κ3) is 3.34. The van der Waals surface area contributed by atoms with Crippen molar-refractivity contribution in [1.29, 1.82) is 0 Å². The lowest BCUT2D eigenvalue weighted by Gasteiger charge is -2.28. The van der Waals surface area contributed by atoms with Crippen molar-refractivity contribution < 1.29 is 4.79 Å². The van der Waals surface area contributed by atoms with Gasteiger partial charge in [-0.25, -0.2) is 0 Å². The molecule has 0 saturated carbocycles. The monoisotopic (exact) mass is 361 g/mol. The molecule has 0 bridgehead atoms. The Bertz CT molecular complexity index is 932. The van der Waals surface area contributed by atoms with Crippen LogP contribution in [-0.2, 0) is 16.6 Å². The van der Waals surface area contributed by atoms with Gasteiger partial charge in [0.05, 0.1) is 0 Å². The summed E-state index contributed by atoms with van der Waals surface area (Å²) in [6.45, 7) is 17.3. The molecule has 1 amide bonds. The predicted octanol–water partition coefficient (Wildman–Crippen LogP) is 5.72. The van der Waals surface area contributed by atoms with Gasteiger partial charge in [0.1, 0.15) is 0 Å². The molecule has 0 fully saturated rings. The lowest BCUT2D eigenvalue weighted by molar-refractivity contribution is -0.114. The number of hydrogen-bond donors (Lipinski definition) is 1. The zero-order chi connectivity index (χ0) is 20.1. The van der Waals surface area contributed by atoms with Gasteiger partial charge in [-0.3, -0.25) is 4.79 Å². The van der Waals surface area contributed by atoms with E-state index in [1.54, 1.807) is 0 Å². The summed E-state index contributed by atoms with van der Waals surface area (Å²) >= 11 is 0. The first-order valence-corrected chi connectivity index (χ1v) is 9.83. The molecule has 1 atom stereocenters. The van der Waals surface area contributed by atoms with Gasteiger partial charge in [0, 0.05) is 5.57 Å². The Morgan fingerprint density at radius 3 is 2.52 bits per heavy atom. The second-order valence-corrected chi connectivity index (χ2v) is 8.93. The minimum atomic E-state index is -0.361. The van der Waals surface area contributed by atoms with Gasteiger partial charge in [0.25, 0.3) is 0 Å². The second kappa shape index (κ2) is 6.67. The fraction of sp³-hybridized carbons (Fsp3) is 0.400. The van der Waals surface area contributed by atoms with Gasteiger partial charge >= 0.3 is 0 Å². The predicted molar refractivity (Wildman–Crippen MR) is 115 cm³/mol. The highest BCUT2D eigenvalue weighted by molar-refractivity contribution is 6.11. The molecule has 0 radical (unpaired) electrons. The molecule has 1 aromatic rings. The number of amides is 1. The molecule has 0 aliphatic heterocycles. The van der Waals surface area contributed by atoms with Crippen LogP contribution in [0.4, 0.5) is 0 Å². The van der Waals surface area contributed by atoms with E-state index in [9.17, 15) is 4.79 Å². The lowest BCUT2D eigenvalue weighted by atomic mass is 9.76. The number of carbonyl (C=O) groups is 1. The van der Waals surface area contributed by atoms with E-state index < -0.39 is 0 Å². The Balaban J connectivity index is 2.32. The van der Waals surface area contributed by atoms with Crippen molar-refractivity contribution in [3.05, 3.63) is 69.3 Å². The SMILES string of the molecule is C=C1C(C)=C(c2cc(C(C)(C)C)cc3c2CC(CC)=C3)C(C(N)=O)=CC1C. The summed E-state index contributed by atoms with van der Waals surface area (Å²) in [4.78, 5) is 12.3. The van der Waals surface area contributed by atoms with Gasteiger partial charge in [-0.05, 0) is 70.1 Å². The van der Waals surface area contributed by atoms with E-state index in [-0.39, 0.29) is 17.2 Å². The average Bonchev–Trinajstić information content (AvgIpc) is 3.01. The Morgan fingerprint density at radius 1 is 1.30 bits per heavy atom. The molecule has 1 unspecified atom stereocenters. The van der Waals surface area contributed by atoms with Gasteiger partial charge in [-0.2, -0.15) is 0 Å². The molecule has 2 N–H and O–H groups in total. The Hall–Kier alpha value is -2.35. The van der Waals surface area contributed by atoms with E-state index in [1.165, 1.54) is 22.3 Å². The van der Waals surface area contributed by atoms with Crippen LogP contribution in [0.15, 0.2) is 47.1 Å². The number of allylic oxidation sites excluding steroid dienone is 4. The number of benzene rings is 1. The van der Waals surface area contributed by atoms with Crippen LogP contribution in [0.1, 0.15) is 70.2 Å². The third-order valence-electron chi connectivity index (χ3n) is 6.00. The number of nitrogens with two attached hydrogens (primary N) is 1. The summed E-state index contributed by atoms with van der Waals surface area (Å²) < 4.78 is 0. The van der Waals surface area contributed by atoms with E-state index in [0.29, 0.717) is 5.57 Å². The molecule has 2 heteroatoms. The first-order chi connectivity index (χ1) is 12.5. The minimum absolute atomic E-state index is 0.0244. The molecule has 0 spiro atoms. The van der Waals surface area contributed by atoms with Crippen molar-refractivity contribution in [2.45, 2.75) is 59.8 Å². The van der Waals surface area contributed by atoms with Gasteiger partial charge < -0.3 is 5.73 Å². The van der Waals surface area contributed by atoms with E-state index in [4.69, 9.17) is 5.73 Å². The van der Waals surface area contributed by atoms with Crippen molar-refractivity contribution >= 4 is 17.6 Å². The van der Waals surface area contributed by atoms with Crippen LogP contribution in [0.5, 0.6) is 0 Å².